The van der Waals surface area contributed by atoms with Crippen LogP contribution in [0, 0.1) is 6.92 Å². The Morgan fingerprint density at radius 3 is 2.71 bits per heavy atom. The molecule has 2 fully saturated rings. The molecular weight excluding hydrogens is 456 g/mol. The van der Waals surface area contributed by atoms with Crippen molar-refractivity contribution in [2.45, 2.75) is 70.8 Å². The van der Waals surface area contributed by atoms with Crippen molar-refractivity contribution in [2.24, 2.45) is 0 Å². The lowest BCUT2D eigenvalue weighted by molar-refractivity contribution is -0.118. The van der Waals surface area contributed by atoms with Crippen LogP contribution in [-0.2, 0) is 4.79 Å². The first-order valence-electron chi connectivity index (χ1n) is 13.4. The number of nitrogens with zero attached hydrogens (tertiary/aromatic N) is 3. The van der Waals surface area contributed by atoms with Crippen molar-refractivity contribution in [1.82, 2.24) is 9.80 Å². The minimum absolute atomic E-state index is 0.0681. The second-order valence-corrected chi connectivity index (χ2v) is 11.3. The van der Waals surface area contributed by atoms with E-state index in [1.165, 1.54) is 75.9 Å². The zero-order valence-corrected chi connectivity index (χ0v) is 21.7. The Morgan fingerprint density at radius 1 is 1.06 bits per heavy atom. The largest absolute Gasteiger partial charge is 0.320 e. The molecule has 5 rings (SSSR count). The van der Waals surface area contributed by atoms with Gasteiger partial charge in [-0.1, -0.05) is 25.0 Å². The van der Waals surface area contributed by atoms with Gasteiger partial charge in [-0.25, -0.2) is 0 Å². The van der Waals surface area contributed by atoms with E-state index in [1.807, 2.05) is 36.6 Å². The zero-order valence-electron chi connectivity index (χ0n) is 20.9. The van der Waals surface area contributed by atoms with Gasteiger partial charge in [-0.2, -0.15) is 0 Å². The molecule has 188 valence electrons. The predicted octanol–water partition coefficient (Wildman–Crippen LogP) is 5.80. The van der Waals surface area contributed by atoms with E-state index in [4.69, 9.17) is 0 Å². The third-order valence-electron chi connectivity index (χ3n) is 7.87. The number of thiophene rings is 1. The summed E-state index contributed by atoms with van der Waals surface area (Å²) in [6, 6.07) is 8.28. The Bertz CT molecular complexity index is 1050. The SMILES string of the molecule is Cc1scc2c1N(C(=O)CCCN1CCCCC1CCN1CCCCC1)c1ccccc1NC2=O. The highest BCUT2D eigenvalue weighted by molar-refractivity contribution is 7.11. The van der Waals surface area contributed by atoms with Crippen LogP contribution in [0.3, 0.4) is 0 Å². The maximum atomic E-state index is 13.7. The molecule has 1 unspecified atom stereocenters. The number of hydrogen-bond donors (Lipinski definition) is 1. The number of anilines is 3. The molecule has 0 saturated carbocycles. The second kappa shape index (κ2) is 11.2. The van der Waals surface area contributed by atoms with Crippen molar-refractivity contribution in [3.05, 3.63) is 40.1 Å². The van der Waals surface area contributed by atoms with Crippen LogP contribution in [0.15, 0.2) is 29.6 Å². The van der Waals surface area contributed by atoms with Crippen LogP contribution < -0.4 is 10.2 Å². The highest BCUT2D eigenvalue weighted by Gasteiger charge is 2.32. The lowest BCUT2D eigenvalue weighted by Crippen LogP contribution is -2.43. The summed E-state index contributed by atoms with van der Waals surface area (Å²) in [7, 11) is 0. The Labute approximate surface area is 213 Å². The zero-order chi connectivity index (χ0) is 24.2. The monoisotopic (exact) mass is 494 g/mol. The van der Waals surface area contributed by atoms with Gasteiger partial charge in [0.05, 0.1) is 22.6 Å². The molecule has 1 atom stereocenters. The van der Waals surface area contributed by atoms with Gasteiger partial charge in [0.15, 0.2) is 0 Å². The Balaban J connectivity index is 1.24. The molecule has 1 aromatic carbocycles. The van der Waals surface area contributed by atoms with E-state index < -0.39 is 0 Å². The van der Waals surface area contributed by atoms with Crippen LogP contribution in [-0.4, -0.2) is 60.4 Å². The molecule has 3 aliphatic heterocycles. The summed E-state index contributed by atoms with van der Waals surface area (Å²) in [6.45, 7) is 7.85. The fourth-order valence-electron chi connectivity index (χ4n) is 5.97. The van der Waals surface area contributed by atoms with Crippen LogP contribution in [0.4, 0.5) is 17.1 Å². The van der Waals surface area contributed by atoms with Crippen molar-refractivity contribution in [1.29, 1.82) is 0 Å². The van der Waals surface area contributed by atoms with Gasteiger partial charge in [-0.05, 0) is 90.3 Å². The third-order valence-corrected chi connectivity index (χ3v) is 8.77. The van der Waals surface area contributed by atoms with Crippen molar-refractivity contribution >= 4 is 40.2 Å². The topological polar surface area (TPSA) is 55.9 Å². The summed E-state index contributed by atoms with van der Waals surface area (Å²) in [4.78, 5) is 34.6. The highest BCUT2D eigenvalue weighted by atomic mass is 32.1. The highest BCUT2D eigenvalue weighted by Crippen LogP contribution is 2.42. The first kappa shape index (κ1) is 24.5. The molecule has 7 heteroatoms. The van der Waals surface area contributed by atoms with E-state index in [2.05, 4.69) is 15.1 Å². The number of benzene rings is 1. The molecule has 1 N–H and O–H groups in total. The molecule has 2 amide bonds. The fraction of sp³-hybridized carbons (Fsp3) is 0.571. The Hall–Kier alpha value is -2.22. The number of likely N-dealkylation sites (tertiary alicyclic amines) is 2. The molecule has 3 aliphatic rings. The van der Waals surface area contributed by atoms with Gasteiger partial charge in [0.2, 0.25) is 5.91 Å². The van der Waals surface area contributed by atoms with Crippen LogP contribution in [0.5, 0.6) is 0 Å². The van der Waals surface area contributed by atoms with E-state index in [1.54, 1.807) is 4.90 Å². The number of piperidine rings is 2. The Kier molecular flexibility index (Phi) is 7.85. The average molecular weight is 495 g/mol. The molecule has 0 bridgehead atoms. The van der Waals surface area contributed by atoms with E-state index >= 15 is 0 Å². The molecule has 2 saturated heterocycles. The number of para-hydroxylation sites is 2. The average Bonchev–Trinajstić information content (AvgIpc) is 3.20. The quantitative estimate of drug-likeness (QED) is 0.529. The number of nitrogens with one attached hydrogen (secondary N) is 1. The summed E-state index contributed by atoms with van der Waals surface area (Å²) >= 11 is 1.53. The fourth-order valence-corrected chi connectivity index (χ4v) is 6.80. The van der Waals surface area contributed by atoms with E-state index in [0.717, 1.165) is 35.8 Å². The van der Waals surface area contributed by atoms with Gasteiger partial charge >= 0.3 is 0 Å². The third kappa shape index (κ3) is 5.47. The van der Waals surface area contributed by atoms with E-state index in [9.17, 15) is 9.59 Å². The summed E-state index contributed by atoms with van der Waals surface area (Å²) in [5.74, 6) is -0.0736. The standard InChI is InChI=1S/C28H38N4O2S/c1-21-27-23(20-35-21)28(34)29-24-11-3-4-12-25(24)32(27)26(33)13-9-18-31-17-8-5-10-22(31)14-19-30-15-6-2-7-16-30/h3-4,11-12,20,22H,2,5-10,13-19H2,1H3,(H,29,34). The first-order valence-corrected chi connectivity index (χ1v) is 14.3. The van der Waals surface area contributed by atoms with E-state index in [0.29, 0.717) is 23.7 Å². The van der Waals surface area contributed by atoms with Gasteiger partial charge < -0.3 is 15.1 Å². The van der Waals surface area contributed by atoms with Gasteiger partial charge in [0, 0.05) is 22.7 Å². The van der Waals surface area contributed by atoms with E-state index in [-0.39, 0.29) is 11.8 Å². The summed E-state index contributed by atoms with van der Waals surface area (Å²) in [5, 5.41) is 4.86. The number of carbonyl (C=O) groups excluding carboxylic acids is 2. The maximum Gasteiger partial charge on any atom is 0.258 e. The van der Waals surface area contributed by atoms with Crippen molar-refractivity contribution in [2.75, 3.05) is 42.9 Å². The molecule has 0 spiro atoms. The van der Waals surface area contributed by atoms with Gasteiger partial charge in [-0.3, -0.25) is 14.5 Å². The maximum absolute atomic E-state index is 13.7. The molecule has 1 aromatic heterocycles. The molecule has 0 aliphatic carbocycles. The van der Waals surface area contributed by atoms with Crippen molar-refractivity contribution in [3.63, 3.8) is 0 Å². The molecule has 35 heavy (non-hydrogen) atoms. The first-order chi connectivity index (χ1) is 17.1. The second-order valence-electron chi connectivity index (χ2n) is 10.2. The van der Waals surface area contributed by atoms with Crippen LogP contribution in [0.1, 0.15) is 73.0 Å². The lowest BCUT2D eigenvalue weighted by Gasteiger charge is -2.37. The number of amides is 2. The summed E-state index contributed by atoms with van der Waals surface area (Å²) in [5.41, 5.74) is 2.80. The minimum atomic E-state index is -0.142. The number of carbonyl (C=O) groups is 2. The predicted molar refractivity (Wildman–Crippen MR) is 144 cm³/mol. The molecular formula is C28H38N4O2S. The van der Waals surface area contributed by atoms with Crippen LogP contribution in [0.25, 0.3) is 0 Å². The number of hydrogen-bond acceptors (Lipinski definition) is 5. The number of rotatable bonds is 7. The normalized spacial score (nSPS) is 21.2. The van der Waals surface area contributed by atoms with Crippen molar-refractivity contribution < 1.29 is 9.59 Å². The smallest absolute Gasteiger partial charge is 0.258 e. The number of aryl methyl sites for hydroxylation is 1. The van der Waals surface area contributed by atoms with Gasteiger partial charge in [-0.15, -0.1) is 11.3 Å². The van der Waals surface area contributed by atoms with Crippen LogP contribution in [0.2, 0.25) is 0 Å². The summed E-state index contributed by atoms with van der Waals surface area (Å²) < 4.78 is 0. The lowest BCUT2D eigenvalue weighted by atomic mass is 9.98. The molecule has 2 aromatic rings. The van der Waals surface area contributed by atoms with Gasteiger partial charge in [0.1, 0.15) is 0 Å². The van der Waals surface area contributed by atoms with Gasteiger partial charge in [0.25, 0.3) is 5.91 Å². The summed E-state index contributed by atoms with van der Waals surface area (Å²) in [6.07, 6.45) is 10.5. The van der Waals surface area contributed by atoms with Crippen LogP contribution >= 0.6 is 11.3 Å². The molecule has 4 heterocycles. The molecule has 6 nitrogen and oxygen atoms in total. The molecule has 0 radical (unpaired) electrons. The number of fused-ring (bicyclic) bond motifs is 2. The van der Waals surface area contributed by atoms with Crippen molar-refractivity contribution in [3.8, 4) is 0 Å². The minimum Gasteiger partial charge on any atom is -0.320 e. The Morgan fingerprint density at radius 2 is 1.86 bits per heavy atom.